The van der Waals surface area contributed by atoms with E-state index < -0.39 is 0 Å². The maximum absolute atomic E-state index is 12.2. The quantitative estimate of drug-likeness (QED) is 0.113. The first-order valence-electron chi connectivity index (χ1n) is 12.4. The molecule has 4 heteroatoms. The van der Waals surface area contributed by atoms with Gasteiger partial charge < -0.3 is 14.9 Å². The Morgan fingerprint density at radius 2 is 1.38 bits per heavy atom. The second-order valence-electron chi connectivity index (χ2n) is 9.05. The van der Waals surface area contributed by atoms with Gasteiger partial charge in [-0.3, -0.25) is 4.79 Å². The van der Waals surface area contributed by atoms with Gasteiger partial charge in [-0.2, -0.15) is 0 Å². The van der Waals surface area contributed by atoms with E-state index in [-0.39, 0.29) is 18.7 Å². The van der Waals surface area contributed by atoms with Gasteiger partial charge in [-0.15, -0.1) is 0 Å². The van der Waals surface area contributed by atoms with Crippen LogP contribution < -0.4 is 5.32 Å². The van der Waals surface area contributed by atoms with Gasteiger partial charge in [0.25, 0.3) is 0 Å². The van der Waals surface area contributed by atoms with Crippen molar-refractivity contribution < 1.29 is 14.4 Å². The van der Waals surface area contributed by atoms with Crippen LogP contribution in [0.5, 0.6) is 0 Å². The second kappa shape index (κ2) is 19.1. The topological polar surface area (TPSA) is 49.3 Å². The summed E-state index contributed by atoms with van der Waals surface area (Å²) in [4.78, 5) is 12.2. The number of amides is 1. The fraction of sp³-hybridized carbons (Fsp3) is 0.880. The lowest BCUT2D eigenvalue weighted by molar-refractivity contribution is -0.917. The highest BCUT2D eigenvalue weighted by Gasteiger charge is 2.27. The fourth-order valence-electron chi connectivity index (χ4n) is 3.80. The Labute approximate surface area is 181 Å². The number of nitrogens with zero attached hydrogens (tertiary/aromatic N) is 1. The van der Waals surface area contributed by atoms with Crippen molar-refractivity contribution >= 4 is 5.91 Å². The van der Waals surface area contributed by atoms with E-state index in [9.17, 15) is 9.90 Å². The Morgan fingerprint density at radius 3 is 1.90 bits per heavy atom. The van der Waals surface area contributed by atoms with Crippen molar-refractivity contribution in [3.8, 4) is 0 Å². The molecule has 0 rings (SSSR count). The van der Waals surface area contributed by atoms with Gasteiger partial charge in [0.05, 0.1) is 20.7 Å². The summed E-state index contributed by atoms with van der Waals surface area (Å²) >= 11 is 0. The van der Waals surface area contributed by atoms with Gasteiger partial charge in [0, 0.05) is 12.8 Å². The molecule has 0 radical (unpaired) electrons. The molecule has 0 saturated heterocycles. The van der Waals surface area contributed by atoms with Crippen LogP contribution in [0.2, 0.25) is 0 Å². The van der Waals surface area contributed by atoms with Crippen LogP contribution in [0.25, 0.3) is 0 Å². The Bertz CT molecular complexity index is 408. The third-order valence-electron chi connectivity index (χ3n) is 5.90. The van der Waals surface area contributed by atoms with Gasteiger partial charge in [-0.25, -0.2) is 0 Å². The van der Waals surface area contributed by atoms with Crippen LogP contribution in [0.1, 0.15) is 110 Å². The number of rotatable bonds is 20. The molecule has 2 N–H and O–H groups in total. The van der Waals surface area contributed by atoms with Crippen molar-refractivity contribution in [2.24, 2.45) is 0 Å². The predicted molar refractivity (Wildman–Crippen MR) is 126 cm³/mol. The first kappa shape index (κ1) is 28.1. The number of unbranched alkanes of at least 4 members (excludes halogenated alkanes) is 11. The molecule has 4 nitrogen and oxygen atoms in total. The van der Waals surface area contributed by atoms with Gasteiger partial charge in [-0.05, 0) is 32.1 Å². The molecule has 0 aromatic carbocycles. The van der Waals surface area contributed by atoms with Crippen LogP contribution in [0.4, 0.5) is 0 Å². The SMILES string of the molecule is CCCCCCCC/C=C\CCCCCCCC(=O)NC(CC)[N+](C)(C)CCO. The summed E-state index contributed by atoms with van der Waals surface area (Å²) in [7, 11) is 4.12. The van der Waals surface area contributed by atoms with Crippen molar-refractivity contribution in [1.29, 1.82) is 0 Å². The highest BCUT2D eigenvalue weighted by molar-refractivity contribution is 5.75. The zero-order valence-corrected chi connectivity index (χ0v) is 20.1. The minimum absolute atomic E-state index is 0.0813. The number of carbonyl (C=O) groups is 1. The molecule has 0 fully saturated rings. The van der Waals surface area contributed by atoms with Crippen LogP contribution in [-0.4, -0.2) is 48.9 Å². The molecular weight excluding hydrogens is 360 g/mol. The zero-order valence-electron chi connectivity index (χ0n) is 20.1. The van der Waals surface area contributed by atoms with Crippen molar-refractivity contribution in [3.63, 3.8) is 0 Å². The maximum atomic E-state index is 12.2. The Morgan fingerprint density at radius 1 is 0.862 bits per heavy atom. The third-order valence-corrected chi connectivity index (χ3v) is 5.90. The molecule has 0 aliphatic rings. The maximum Gasteiger partial charge on any atom is 0.224 e. The first-order valence-corrected chi connectivity index (χ1v) is 12.4. The van der Waals surface area contributed by atoms with Gasteiger partial charge in [0.2, 0.25) is 5.91 Å². The Hall–Kier alpha value is -0.870. The van der Waals surface area contributed by atoms with E-state index in [1.54, 1.807) is 0 Å². The lowest BCUT2D eigenvalue weighted by Gasteiger charge is -2.37. The zero-order chi connectivity index (χ0) is 21.8. The molecular formula is C25H51N2O2+. The monoisotopic (exact) mass is 411 g/mol. The van der Waals surface area contributed by atoms with Crippen molar-refractivity contribution in [2.45, 2.75) is 116 Å². The number of carbonyl (C=O) groups excluding carboxylic acids is 1. The van der Waals surface area contributed by atoms with Gasteiger partial charge in [0.1, 0.15) is 6.54 Å². The number of hydrogen-bond donors (Lipinski definition) is 2. The second-order valence-corrected chi connectivity index (χ2v) is 9.05. The van der Waals surface area contributed by atoms with E-state index in [1.165, 1.54) is 70.6 Å². The molecule has 1 atom stereocenters. The highest BCUT2D eigenvalue weighted by Crippen LogP contribution is 2.11. The molecule has 0 aliphatic carbocycles. The molecule has 29 heavy (non-hydrogen) atoms. The fourth-order valence-corrected chi connectivity index (χ4v) is 3.80. The summed E-state index contributed by atoms with van der Waals surface area (Å²) in [6.07, 6.45) is 22.9. The Balaban J connectivity index is 3.58. The van der Waals surface area contributed by atoms with Crippen LogP contribution in [-0.2, 0) is 4.79 Å². The molecule has 0 aromatic heterocycles. The van der Waals surface area contributed by atoms with Crippen molar-refractivity contribution in [3.05, 3.63) is 12.2 Å². The molecule has 0 heterocycles. The number of hydrogen-bond acceptors (Lipinski definition) is 2. The lowest BCUT2D eigenvalue weighted by Crippen LogP contribution is -2.58. The average molecular weight is 412 g/mol. The third kappa shape index (κ3) is 16.6. The van der Waals surface area contributed by atoms with Crippen LogP contribution in [0.3, 0.4) is 0 Å². The molecule has 0 spiro atoms. The summed E-state index contributed by atoms with van der Waals surface area (Å²) in [6.45, 7) is 5.16. The number of aliphatic hydroxyl groups excluding tert-OH is 1. The van der Waals surface area contributed by atoms with Crippen LogP contribution in [0, 0.1) is 0 Å². The van der Waals surface area contributed by atoms with Crippen LogP contribution in [0.15, 0.2) is 12.2 Å². The summed E-state index contributed by atoms with van der Waals surface area (Å²) in [5.41, 5.74) is 0. The number of likely N-dealkylation sites (N-methyl/N-ethyl adjacent to an activating group) is 1. The van der Waals surface area contributed by atoms with E-state index in [0.717, 1.165) is 19.3 Å². The smallest absolute Gasteiger partial charge is 0.224 e. The first-order chi connectivity index (χ1) is 14.0. The van der Waals surface area contributed by atoms with E-state index in [4.69, 9.17) is 0 Å². The summed E-state index contributed by atoms with van der Waals surface area (Å²) < 4.78 is 0.630. The summed E-state index contributed by atoms with van der Waals surface area (Å²) in [6, 6.07) is 0. The molecule has 1 amide bonds. The number of quaternary nitrogens is 1. The minimum atomic E-state index is 0.0813. The van der Waals surface area contributed by atoms with Gasteiger partial charge in [0.15, 0.2) is 6.17 Å². The molecule has 0 bridgehead atoms. The standard InChI is InChI=1S/C25H50N2O2/c1-5-7-8-9-10-11-12-13-14-15-16-17-18-19-20-21-25(29)26-24(6-2)27(3,4)22-23-28/h13-14,24,28H,5-12,15-23H2,1-4H3/p+1/b14-13-. The highest BCUT2D eigenvalue weighted by atomic mass is 16.3. The predicted octanol–water partition coefficient (Wildman–Crippen LogP) is 5.94. The molecule has 1 unspecified atom stereocenters. The normalized spacial score (nSPS) is 13.1. The number of aliphatic hydroxyl groups is 1. The summed E-state index contributed by atoms with van der Waals surface area (Å²) in [5.74, 6) is 0.151. The minimum Gasteiger partial charge on any atom is -0.391 e. The number of allylic oxidation sites excluding steroid dienone is 2. The number of nitrogens with one attached hydrogen (secondary N) is 1. The lowest BCUT2D eigenvalue weighted by atomic mass is 10.1. The van der Waals surface area contributed by atoms with E-state index >= 15 is 0 Å². The molecule has 0 aromatic rings. The Kier molecular flexibility index (Phi) is 18.5. The molecule has 0 saturated carbocycles. The molecule has 172 valence electrons. The van der Waals surface area contributed by atoms with Crippen molar-refractivity contribution in [1.82, 2.24) is 5.32 Å². The summed E-state index contributed by atoms with van der Waals surface area (Å²) in [5, 5.41) is 12.4. The average Bonchev–Trinajstić information content (AvgIpc) is 2.68. The molecule has 0 aliphatic heterocycles. The van der Waals surface area contributed by atoms with E-state index in [1.807, 2.05) is 0 Å². The van der Waals surface area contributed by atoms with Gasteiger partial charge in [-0.1, -0.05) is 77.4 Å². The van der Waals surface area contributed by atoms with Gasteiger partial charge >= 0.3 is 0 Å². The van der Waals surface area contributed by atoms with Crippen molar-refractivity contribution in [2.75, 3.05) is 27.2 Å². The largest absolute Gasteiger partial charge is 0.391 e. The van der Waals surface area contributed by atoms with E-state index in [0.29, 0.717) is 17.4 Å². The van der Waals surface area contributed by atoms with E-state index in [2.05, 4.69) is 45.4 Å². The van der Waals surface area contributed by atoms with Crippen LogP contribution >= 0.6 is 0 Å².